The third-order valence-corrected chi connectivity index (χ3v) is 5.22. The topological polar surface area (TPSA) is 96.3 Å². The fourth-order valence-corrected chi connectivity index (χ4v) is 3.64. The first-order valence-corrected chi connectivity index (χ1v) is 9.55. The van der Waals surface area contributed by atoms with E-state index >= 15 is 0 Å². The Morgan fingerprint density at radius 3 is 2.35 bits per heavy atom. The van der Waals surface area contributed by atoms with Gasteiger partial charge in [0.25, 0.3) is 0 Å². The van der Waals surface area contributed by atoms with E-state index < -0.39 is 22.0 Å². The maximum absolute atomic E-state index is 12.5. The SMILES string of the molecule is CC(C)[C@H](NS(=O)(=O)c1ccccc1)C(=O)OCc1ccccc1C#N. The largest absolute Gasteiger partial charge is 0.460 e. The second-order valence-corrected chi connectivity index (χ2v) is 7.75. The molecular weight excluding hydrogens is 352 g/mol. The van der Waals surface area contributed by atoms with Gasteiger partial charge >= 0.3 is 5.97 Å². The van der Waals surface area contributed by atoms with Crippen molar-refractivity contribution >= 4 is 16.0 Å². The van der Waals surface area contributed by atoms with Gasteiger partial charge in [0.05, 0.1) is 16.5 Å². The minimum atomic E-state index is -3.85. The van der Waals surface area contributed by atoms with Crippen LogP contribution in [0.1, 0.15) is 25.0 Å². The average molecular weight is 372 g/mol. The van der Waals surface area contributed by atoms with Gasteiger partial charge in [0, 0.05) is 5.56 Å². The molecule has 1 N–H and O–H groups in total. The van der Waals surface area contributed by atoms with Gasteiger partial charge in [0.1, 0.15) is 12.6 Å². The number of nitriles is 1. The van der Waals surface area contributed by atoms with Gasteiger partial charge in [-0.15, -0.1) is 0 Å². The lowest BCUT2D eigenvalue weighted by molar-refractivity contribution is -0.148. The normalized spacial score (nSPS) is 12.4. The summed E-state index contributed by atoms with van der Waals surface area (Å²) >= 11 is 0. The molecule has 7 heteroatoms. The van der Waals surface area contributed by atoms with E-state index in [-0.39, 0.29) is 17.4 Å². The summed E-state index contributed by atoms with van der Waals surface area (Å²) in [5, 5.41) is 9.08. The summed E-state index contributed by atoms with van der Waals surface area (Å²) in [4.78, 5) is 12.5. The molecule has 0 aliphatic heterocycles. The zero-order valence-corrected chi connectivity index (χ0v) is 15.4. The van der Waals surface area contributed by atoms with Crippen molar-refractivity contribution in [1.82, 2.24) is 4.72 Å². The molecule has 6 nitrogen and oxygen atoms in total. The molecule has 0 amide bonds. The van der Waals surface area contributed by atoms with Crippen molar-refractivity contribution in [2.75, 3.05) is 0 Å². The summed E-state index contributed by atoms with van der Waals surface area (Å²) in [6.45, 7) is 3.35. The summed E-state index contributed by atoms with van der Waals surface area (Å²) in [7, 11) is -3.85. The fourth-order valence-electron chi connectivity index (χ4n) is 2.29. The van der Waals surface area contributed by atoms with E-state index in [1.807, 2.05) is 6.07 Å². The first kappa shape index (κ1) is 19.6. The molecule has 136 valence electrons. The predicted octanol–water partition coefficient (Wildman–Crippen LogP) is 2.60. The molecule has 2 aromatic carbocycles. The Labute approximate surface area is 153 Å². The van der Waals surface area contributed by atoms with Crippen LogP contribution in [0.4, 0.5) is 0 Å². The van der Waals surface area contributed by atoms with Crippen LogP contribution in [0.5, 0.6) is 0 Å². The van der Waals surface area contributed by atoms with Crippen LogP contribution in [-0.4, -0.2) is 20.4 Å². The van der Waals surface area contributed by atoms with Crippen LogP contribution in [0.3, 0.4) is 0 Å². The van der Waals surface area contributed by atoms with Crippen LogP contribution in [0.15, 0.2) is 59.5 Å². The van der Waals surface area contributed by atoms with E-state index in [0.717, 1.165) is 0 Å². The molecule has 0 saturated heterocycles. The summed E-state index contributed by atoms with van der Waals surface area (Å²) in [5.74, 6) is -1.00. The van der Waals surface area contributed by atoms with Gasteiger partial charge in [-0.25, -0.2) is 8.42 Å². The molecular formula is C19H20N2O4S. The lowest BCUT2D eigenvalue weighted by atomic mass is 10.1. The zero-order valence-electron chi connectivity index (χ0n) is 14.5. The van der Waals surface area contributed by atoms with Gasteiger partial charge in [-0.05, 0) is 24.1 Å². The van der Waals surface area contributed by atoms with Crippen molar-refractivity contribution in [3.63, 3.8) is 0 Å². The monoisotopic (exact) mass is 372 g/mol. The van der Waals surface area contributed by atoms with Crippen LogP contribution in [0.2, 0.25) is 0 Å². The van der Waals surface area contributed by atoms with Crippen LogP contribution < -0.4 is 4.72 Å². The third kappa shape index (κ3) is 4.91. The number of nitrogens with zero attached hydrogens (tertiary/aromatic N) is 1. The zero-order chi connectivity index (χ0) is 19.2. The molecule has 0 aromatic heterocycles. The fraction of sp³-hybridized carbons (Fsp3) is 0.263. The second kappa shape index (κ2) is 8.61. The number of nitrogens with one attached hydrogen (secondary N) is 1. The van der Waals surface area contributed by atoms with Crippen molar-refractivity contribution in [1.29, 1.82) is 5.26 Å². The van der Waals surface area contributed by atoms with Crippen LogP contribution in [0, 0.1) is 17.2 Å². The van der Waals surface area contributed by atoms with E-state index in [0.29, 0.717) is 11.1 Å². The number of benzene rings is 2. The van der Waals surface area contributed by atoms with Crippen molar-refractivity contribution in [2.45, 2.75) is 31.4 Å². The molecule has 2 aromatic rings. The smallest absolute Gasteiger partial charge is 0.324 e. The molecule has 0 heterocycles. The summed E-state index contributed by atoms with van der Waals surface area (Å²) < 4.78 is 32.6. The highest BCUT2D eigenvalue weighted by Gasteiger charge is 2.29. The molecule has 0 saturated carbocycles. The molecule has 0 aliphatic carbocycles. The molecule has 0 aliphatic rings. The maximum atomic E-state index is 12.5. The van der Waals surface area contributed by atoms with E-state index in [4.69, 9.17) is 10.00 Å². The lowest BCUT2D eigenvalue weighted by Crippen LogP contribution is -2.45. The van der Waals surface area contributed by atoms with Gasteiger partial charge in [-0.3, -0.25) is 4.79 Å². The number of sulfonamides is 1. The molecule has 26 heavy (non-hydrogen) atoms. The summed E-state index contributed by atoms with van der Waals surface area (Å²) in [6, 6.07) is 15.6. The number of hydrogen-bond acceptors (Lipinski definition) is 5. The van der Waals surface area contributed by atoms with Crippen molar-refractivity contribution in [2.24, 2.45) is 5.92 Å². The van der Waals surface area contributed by atoms with Gasteiger partial charge in [0.2, 0.25) is 10.0 Å². The van der Waals surface area contributed by atoms with Crippen molar-refractivity contribution in [3.8, 4) is 6.07 Å². The Morgan fingerprint density at radius 2 is 1.73 bits per heavy atom. The Kier molecular flexibility index (Phi) is 6.50. The van der Waals surface area contributed by atoms with Gasteiger partial charge in [0.15, 0.2) is 0 Å². The summed E-state index contributed by atoms with van der Waals surface area (Å²) in [6.07, 6.45) is 0. The molecule has 2 rings (SSSR count). The summed E-state index contributed by atoms with van der Waals surface area (Å²) in [5.41, 5.74) is 0.975. The molecule has 0 spiro atoms. The highest BCUT2D eigenvalue weighted by molar-refractivity contribution is 7.89. The van der Waals surface area contributed by atoms with Crippen LogP contribution in [-0.2, 0) is 26.2 Å². The van der Waals surface area contributed by atoms with E-state index in [2.05, 4.69) is 4.72 Å². The van der Waals surface area contributed by atoms with E-state index in [1.54, 1.807) is 56.3 Å². The molecule has 0 fully saturated rings. The molecule has 1 atom stereocenters. The first-order chi connectivity index (χ1) is 12.3. The highest BCUT2D eigenvalue weighted by Crippen LogP contribution is 2.14. The lowest BCUT2D eigenvalue weighted by Gasteiger charge is -2.21. The molecule has 0 unspecified atom stereocenters. The predicted molar refractivity (Wildman–Crippen MR) is 96.3 cm³/mol. The maximum Gasteiger partial charge on any atom is 0.324 e. The van der Waals surface area contributed by atoms with E-state index in [1.165, 1.54) is 12.1 Å². The minimum Gasteiger partial charge on any atom is -0.460 e. The van der Waals surface area contributed by atoms with Crippen LogP contribution >= 0.6 is 0 Å². The van der Waals surface area contributed by atoms with Gasteiger partial charge in [-0.2, -0.15) is 9.98 Å². The second-order valence-electron chi connectivity index (χ2n) is 6.03. The average Bonchev–Trinajstić information content (AvgIpc) is 2.65. The third-order valence-electron chi connectivity index (χ3n) is 3.76. The Bertz CT molecular complexity index is 903. The van der Waals surface area contributed by atoms with Crippen molar-refractivity contribution in [3.05, 3.63) is 65.7 Å². The van der Waals surface area contributed by atoms with Gasteiger partial charge in [-0.1, -0.05) is 50.2 Å². The van der Waals surface area contributed by atoms with Gasteiger partial charge < -0.3 is 4.74 Å². The molecule has 0 radical (unpaired) electrons. The number of ether oxygens (including phenoxy) is 1. The Balaban J connectivity index is 2.12. The highest BCUT2D eigenvalue weighted by atomic mass is 32.2. The first-order valence-electron chi connectivity index (χ1n) is 8.07. The molecule has 0 bridgehead atoms. The number of carbonyl (C=O) groups is 1. The number of rotatable bonds is 7. The number of hydrogen-bond donors (Lipinski definition) is 1. The van der Waals surface area contributed by atoms with E-state index in [9.17, 15) is 13.2 Å². The quantitative estimate of drug-likeness (QED) is 0.754. The standard InChI is InChI=1S/C19H20N2O4S/c1-14(2)18(21-26(23,24)17-10-4-3-5-11-17)19(22)25-13-16-9-7-6-8-15(16)12-20/h3-11,14,18,21H,13H2,1-2H3/t18-/m0/s1. The Hall–Kier alpha value is -2.69. The Morgan fingerprint density at radius 1 is 1.12 bits per heavy atom. The minimum absolute atomic E-state index is 0.0771. The number of carbonyl (C=O) groups excluding carboxylic acids is 1. The number of esters is 1. The van der Waals surface area contributed by atoms with Crippen LogP contribution in [0.25, 0.3) is 0 Å². The van der Waals surface area contributed by atoms with Crippen molar-refractivity contribution < 1.29 is 17.9 Å².